The summed E-state index contributed by atoms with van der Waals surface area (Å²) >= 11 is 0. The van der Waals surface area contributed by atoms with E-state index in [1.165, 1.54) is 25.0 Å². The van der Waals surface area contributed by atoms with Crippen LogP contribution in [0.5, 0.6) is 0 Å². The molecular formula is C11H19N3. The number of nitrogens with zero attached hydrogens (tertiary/aromatic N) is 3. The lowest BCUT2D eigenvalue weighted by atomic mass is 10.1. The van der Waals surface area contributed by atoms with Gasteiger partial charge in [-0.15, -0.1) is 0 Å². The van der Waals surface area contributed by atoms with E-state index in [-0.39, 0.29) is 0 Å². The van der Waals surface area contributed by atoms with E-state index < -0.39 is 0 Å². The molecule has 3 nitrogen and oxygen atoms in total. The molecule has 2 aliphatic rings. The molecule has 0 N–H and O–H groups in total. The van der Waals surface area contributed by atoms with Gasteiger partial charge in [-0.25, -0.2) is 0 Å². The van der Waals surface area contributed by atoms with Crippen LogP contribution in [0.25, 0.3) is 0 Å². The minimum atomic E-state index is 0.976. The summed E-state index contributed by atoms with van der Waals surface area (Å²) in [4.78, 5) is 9.14. The van der Waals surface area contributed by atoms with Crippen molar-refractivity contribution in [3.05, 3.63) is 12.3 Å². The smallest absolute Gasteiger partial charge is 0.200 e. The topological polar surface area (TPSA) is 18.8 Å². The van der Waals surface area contributed by atoms with Crippen molar-refractivity contribution in [1.29, 1.82) is 0 Å². The Morgan fingerprint density at radius 3 is 2.79 bits per heavy atom. The van der Waals surface area contributed by atoms with E-state index in [1.54, 1.807) is 0 Å². The van der Waals surface area contributed by atoms with E-state index >= 15 is 0 Å². The number of piperidine rings is 1. The maximum atomic E-state index is 4.59. The summed E-state index contributed by atoms with van der Waals surface area (Å²) in [5, 5.41) is 0. The minimum Gasteiger partial charge on any atom is -0.346 e. The molecule has 0 aromatic carbocycles. The van der Waals surface area contributed by atoms with Gasteiger partial charge in [-0.2, -0.15) is 0 Å². The molecule has 0 aromatic rings. The number of likely N-dealkylation sites (tertiary alicyclic amines) is 1. The zero-order chi connectivity index (χ0) is 9.97. The SMILES string of the molecule is C=C1CCCCN1C1=NCCCN1C. The summed E-state index contributed by atoms with van der Waals surface area (Å²) < 4.78 is 0. The van der Waals surface area contributed by atoms with Crippen LogP contribution in [0.4, 0.5) is 0 Å². The van der Waals surface area contributed by atoms with Crippen molar-refractivity contribution in [2.24, 2.45) is 4.99 Å². The fourth-order valence-electron chi connectivity index (χ4n) is 2.13. The predicted octanol–water partition coefficient (Wildman–Crippen LogP) is 1.68. The largest absolute Gasteiger partial charge is 0.346 e. The molecule has 0 aromatic heterocycles. The second-order valence-corrected chi connectivity index (χ2v) is 4.13. The van der Waals surface area contributed by atoms with Crippen LogP contribution in [-0.2, 0) is 0 Å². The van der Waals surface area contributed by atoms with Crippen molar-refractivity contribution in [3.8, 4) is 0 Å². The number of guanidine groups is 1. The second-order valence-electron chi connectivity index (χ2n) is 4.13. The van der Waals surface area contributed by atoms with Crippen LogP contribution in [0.3, 0.4) is 0 Å². The molecule has 1 fully saturated rings. The van der Waals surface area contributed by atoms with Crippen molar-refractivity contribution >= 4 is 5.96 Å². The molecule has 0 aliphatic carbocycles. The zero-order valence-corrected chi connectivity index (χ0v) is 9.00. The monoisotopic (exact) mass is 193 g/mol. The van der Waals surface area contributed by atoms with E-state index in [0.717, 1.165) is 32.0 Å². The highest BCUT2D eigenvalue weighted by Gasteiger charge is 2.22. The van der Waals surface area contributed by atoms with Crippen LogP contribution in [0.1, 0.15) is 25.7 Å². The first-order valence-corrected chi connectivity index (χ1v) is 5.50. The summed E-state index contributed by atoms with van der Waals surface area (Å²) in [6.45, 7) is 7.33. The van der Waals surface area contributed by atoms with Crippen molar-refractivity contribution in [1.82, 2.24) is 9.80 Å². The third-order valence-corrected chi connectivity index (χ3v) is 2.97. The molecule has 0 bridgehead atoms. The predicted molar refractivity (Wildman–Crippen MR) is 59.2 cm³/mol. The van der Waals surface area contributed by atoms with Gasteiger partial charge in [-0.1, -0.05) is 6.58 Å². The van der Waals surface area contributed by atoms with Crippen LogP contribution in [0, 0.1) is 0 Å². The highest BCUT2D eigenvalue weighted by atomic mass is 15.4. The van der Waals surface area contributed by atoms with Gasteiger partial charge in [0.15, 0.2) is 0 Å². The Morgan fingerprint density at radius 1 is 1.21 bits per heavy atom. The standard InChI is InChI=1S/C11H19N3/c1-10-6-3-4-9-14(10)11-12-7-5-8-13(11)2/h1,3-9H2,2H3. The summed E-state index contributed by atoms with van der Waals surface area (Å²) in [5.41, 5.74) is 1.24. The quantitative estimate of drug-likeness (QED) is 0.583. The van der Waals surface area contributed by atoms with Gasteiger partial charge in [0, 0.05) is 32.4 Å². The first-order valence-electron chi connectivity index (χ1n) is 5.50. The van der Waals surface area contributed by atoms with E-state index in [2.05, 4.69) is 28.4 Å². The lowest BCUT2D eigenvalue weighted by Gasteiger charge is -2.37. The van der Waals surface area contributed by atoms with Gasteiger partial charge in [0.1, 0.15) is 0 Å². The fourth-order valence-corrected chi connectivity index (χ4v) is 2.13. The third kappa shape index (κ3) is 1.76. The molecule has 14 heavy (non-hydrogen) atoms. The lowest BCUT2D eigenvalue weighted by Crippen LogP contribution is -2.46. The van der Waals surface area contributed by atoms with Crippen LogP contribution in [0.15, 0.2) is 17.3 Å². The maximum Gasteiger partial charge on any atom is 0.200 e. The fraction of sp³-hybridized carbons (Fsp3) is 0.727. The average Bonchev–Trinajstić information content (AvgIpc) is 2.20. The molecule has 3 heteroatoms. The van der Waals surface area contributed by atoms with Crippen LogP contribution in [-0.4, -0.2) is 42.4 Å². The molecule has 2 aliphatic heterocycles. The number of hydrogen-bond donors (Lipinski definition) is 0. The van der Waals surface area contributed by atoms with E-state index in [0.29, 0.717) is 0 Å². The highest BCUT2D eigenvalue weighted by molar-refractivity contribution is 5.82. The lowest BCUT2D eigenvalue weighted by molar-refractivity contribution is 0.336. The number of hydrogen-bond acceptors (Lipinski definition) is 3. The maximum absolute atomic E-state index is 4.59. The van der Waals surface area contributed by atoms with Crippen molar-refractivity contribution in [2.75, 3.05) is 26.7 Å². The molecule has 78 valence electrons. The summed E-state index contributed by atoms with van der Waals surface area (Å²) in [6.07, 6.45) is 4.87. The average molecular weight is 193 g/mol. The Balaban J connectivity index is 2.11. The Labute approximate surface area is 86.1 Å². The number of rotatable bonds is 0. The first-order chi connectivity index (χ1) is 6.79. The van der Waals surface area contributed by atoms with E-state index in [9.17, 15) is 0 Å². The molecular weight excluding hydrogens is 174 g/mol. The molecule has 0 amide bonds. The van der Waals surface area contributed by atoms with Gasteiger partial charge in [0.05, 0.1) is 0 Å². The van der Waals surface area contributed by atoms with Gasteiger partial charge in [-0.05, 0) is 25.7 Å². The molecule has 2 rings (SSSR count). The molecule has 0 saturated carbocycles. The van der Waals surface area contributed by atoms with Gasteiger partial charge < -0.3 is 9.80 Å². The zero-order valence-electron chi connectivity index (χ0n) is 9.00. The Kier molecular flexibility index (Phi) is 2.75. The third-order valence-electron chi connectivity index (χ3n) is 2.97. The van der Waals surface area contributed by atoms with Crippen molar-refractivity contribution in [2.45, 2.75) is 25.7 Å². The van der Waals surface area contributed by atoms with Gasteiger partial charge in [-0.3, -0.25) is 4.99 Å². The normalized spacial score (nSPS) is 23.8. The van der Waals surface area contributed by atoms with E-state index in [4.69, 9.17) is 0 Å². The highest BCUT2D eigenvalue weighted by Crippen LogP contribution is 2.21. The molecule has 0 spiro atoms. The van der Waals surface area contributed by atoms with Gasteiger partial charge >= 0.3 is 0 Å². The molecule has 0 radical (unpaired) electrons. The molecule has 1 saturated heterocycles. The molecule has 0 unspecified atom stereocenters. The summed E-state index contributed by atoms with van der Waals surface area (Å²) in [5.74, 6) is 1.14. The first kappa shape index (κ1) is 9.56. The Morgan fingerprint density at radius 2 is 2.07 bits per heavy atom. The molecule has 2 heterocycles. The summed E-state index contributed by atoms with van der Waals surface area (Å²) in [7, 11) is 2.12. The number of aliphatic imine (C=N–C) groups is 1. The van der Waals surface area contributed by atoms with Crippen LogP contribution < -0.4 is 0 Å². The van der Waals surface area contributed by atoms with Crippen molar-refractivity contribution < 1.29 is 0 Å². The van der Waals surface area contributed by atoms with Gasteiger partial charge in [0.25, 0.3) is 0 Å². The second kappa shape index (κ2) is 4.03. The summed E-state index contributed by atoms with van der Waals surface area (Å²) in [6, 6.07) is 0. The number of allylic oxidation sites excluding steroid dienone is 1. The van der Waals surface area contributed by atoms with Crippen LogP contribution in [0.2, 0.25) is 0 Å². The minimum absolute atomic E-state index is 0.976. The Bertz CT molecular complexity index is 257. The van der Waals surface area contributed by atoms with Crippen molar-refractivity contribution in [3.63, 3.8) is 0 Å². The van der Waals surface area contributed by atoms with E-state index in [1.807, 2.05) is 0 Å². The molecule has 0 atom stereocenters. The van der Waals surface area contributed by atoms with Gasteiger partial charge in [0.2, 0.25) is 5.96 Å². The van der Waals surface area contributed by atoms with Crippen LogP contribution >= 0.6 is 0 Å². The Hall–Kier alpha value is -0.990.